The fourth-order valence-corrected chi connectivity index (χ4v) is 2.76. The highest BCUT2D eigenvalue weighted by atomic mass is 16.5. The first-order valence-corrected chi connectivity index (χ1v) is 6.91. The van der Waals surface area contributed by atoms with Crippen molar-refractivity contribution in [3.8, 4) is 23.0 Å². The summed E-state index contributed by atoms with van der Waals surface area (Å²) in [5.74, 6) is 0.918. The van der Waals surface area contributed by atoms with Crippen LogP contribution in [0.5, 0.6) is 23.0 Å². The molecule has 0 saturated heterocycles. The number of fused-ring (bicyclic) bond motifs is 3. The molecule has 0 aliphatic heterocycles. The second kappa shape index (κ2) is 5.39. The van der Waals surface area contributed by atoms with Crippen molar-refractivity contribution in [2.24, 2.45) is 0 Å². The molecule has 2 aromatic carbocycles. The number of methoxy groups -OCH3 is 3. The molecule has 0 atom stereocenters. The molecule has 6 nitrogen and oxygen atoms in total. The number of aromatic hydroxyl groups is 1. The van der Waals surface area contributed by atoms with Gasteiger partial charge in [0.15, 0.2) is 11.3 Å². The van der Waals surface area contributed by atoms with Crippen LogP contribution >= 0.6 is 0 Å². The zero-order chi connectivity index (χ0) is 16.7. The third-order valence-electron chi connectivity index (χ3n) is 3.84. The lowest BCUT2D eigenvalue weighted by molar-refractivity contribution is 0.370. The molecule has 0 saturated carbocycles. The van der Waals surface area contributed by atoms with Gasteiger partial charge in [0.05, 0.1) is 21.3 Å². The molecule has 0 radical (unpaired) electrons. The van der Waals surface area contributed by atoms with Crippen LogP contribution in [0.15, 0.2) is 27.4 Å². The van der Waals surface area contributed by atoms with Gasteiger partial charge in [0, 0.05) is 16.8 Å². The molecule has 0 aliphatic rings. The number of phenolic OH excluding ortho intramolecular Hbond substituents is 1. The summed E-state index contributed by atoms with van der Waals surface area (Å²) in [6.45, 7) is 1.84. The molecule has 1 heterocycles. The van der Waals surface area contributed by atoms with Gasteiger partial charge < -0.3 is 23.7 Å². The molecule has 0 amide bonds. The van der Waals surface area contributed by atoms with Gasteiger partial charge in [-0.15, -0.1) is 0 Å². The first kappa shape index (κ1) is 15.0. The van der Waals surface area contributed by atoms with Crippen molar-refractivity contribution >= 4 is 21.7 Å². The van der Waals surface area contributed by atoms with E-state index in [2.05, 4.69) is 0 Å². The topological polar surface area (TPSA) is 78.1 Å². The Kier molecular flexibility index (Phi) is 3.52. The van der Waals surface area contributed by atoms with Crippen molar-refractivity contribution in [2.45, 2.75) is 6.92 Å². The van der Waals surface area contributed by atoms with E-state index >= 15 is 0 Å². The summed E-state index contributed by atoms with van der Waals surface area (Å²) in [6.07, 6.45) is 0. The second-order valence-corrected chi connectivity index (χ2v) is 5.09. The third kappa shape index (κ3) is 2.14. The fourth-order valence-electron chi connectivity index (χ4n) is 2.76. The Hall–Kier alpha value is -2.89. The maximum absolute atomic E-state index is 12.4. The van der Waals surface area contributed by atoms with Gasteiger partial charge in [-0.05, 0) is 24.6 Å². The molecule has 3 rings (SSSR count). The van der Waals surface area contributed by atoms with Crippen LogP contribution in [0.1, 0.15) is 5.56 Å². The van der Waals surface area contributed by atoms with Crippen LogP contribution in [0.4, 0.5) is 0 Å². The van der Waals surface area contributed by atoms with E-state index in [1.807, 2.05) is 6.92 Å². The Morgan fingerprint density at radius 2 is 1.65 bits per heavy atom. The van der Waals surface area contributed by atoms with Crippen LogP contribution in [0.3, 0.4) is 0 Å². The average Bonchev–Trinajstić information content (AvgIpc) is 2.56. The van der Waals surface area contributed by atoms with E-state index in [9.17, 15) is 9.90 Å². The second-order valence-electron chi connectivity index (χ2n) is 5.09. The fraction of sp³-hybridized carbons (Fsp3) is 0.235. The Morgan fingerprint density at radius 1 is 0.957 bits per heavy atom. The molecule has 0 bridgehead atoms. The summed E-state index contributed by atoms with van der Waals surface area (Å²) >= 11 is 0. The molecule has 0 fully saturated rings. The third-order valence-corrected chi connectivity index (χ3v) is 3.84. The first-order chi connectivity index (χ1) is 11.0. The van der Waals surface area contributed by atoms with Gasteiger partial charge in [-0.25, -0.2) is 4.79 Å². The standard InChI is InChI=1S/C17H16O6/c1-8-5-12(22-4)15(18)16-13(8)10-6-9(20-2)7-11(21-3)14(10)17(19)23-16/h5-7,18H,1-4H3. The summed E-state index contributed by atoms with van der Waals surface area (Å²) in [6, 6.07) is 5.02. The maximum atomic E-state index is 12.4. The molecule has 1 aromatic heterocycles. The molecule has 0 spiro atoms. The maximum Gasteiger partial charge on any atom is 0.348 e. The van der Waals surface area contributed by atoms with E-state index in [0.29, 0.717) is 27.7 Å². The minimum absolute atomic E-state index is 0.0784. The van der Waals surface area contributed by atoms with Crippen LogP contribution in [0.25, 0.3) is 21.7 Å². The number of phenols is 1. The predicted octanol–water partition coefficient (Wildman–Crippen LogP) is 2.99. The minimum Gasteiger partial charge on any atom is -0.502 e. The molecule has 0 aliphatic carbocycles. The van der Waals surface area contributed by atoms with Crippen LogP contribution < -0.4 is 19.8 Å². The molecule has 0 unspecified atom stereocenters. The summed E-state index contributed by atoms with van der Waals surface area (Å²) in [5.41, 5.74) is 0.267. The van der Waals surface area contributed by atoms with E-state index < -0.39 is 5.63 Å². The Balaban J connectivity index is 2.62. The van der Waals surface area contributed by atoms with Gasteiger partial charge in [0.25, 0.3) is 0 Å². The molecule has 120 valence electrons. The SMILES string of the molecule is COc1cc(OC)c2c(=O)oc3c(O)c(OC)cc(C)c3c2c1. The van der Waals surface area contributed by atoms with Crippen molar-refractivity contribution in [1.29, 1.82) is 0 Å². The van der Waals surface area contributed by atoms with Crippen LogP contribution in [0.2, 0.25) is 0 Å². The monoisotopic (exact) mass is 316 g/mol. The van der Waals surface area contributed by atoms with Crippen LogP contribution in [-0.4, -0.2) is 26.4 Å². The lowest BCUT2D eigenvalue weighted by atomic mass is 10.0. The number of hydrogen-bond donors (Lipinski definition) is 1. The van der Waals surface area contributed by atoms with Gasteiger partial charge in [0.2, 0.25) is 5.75 Å². The van der Waals surface area contributed by atoms with Crippen molar-refractivity contribution in [3.05, 3.63) is 34.2 Å². The number of rotatable bonds is 3. The highest BCUT2D eigenvalue weighted by molar-refractivity contribution is 6.10. The zero-order valence-electron chi connectivity index (χ0n) is 13.2. The number of benzene rings is 2. The van der Waals surface area contributed by atoms with Gasteiger partial charge >= 0.3 is 5.63 Å². The van der Waals surface area contributed by atoms with Gasteiger partial charge in [-0.3, -0.25) is 0 Å². The largest absolute Gasteiger partial charge is 0.502 e. The van der Waals surface area contributed by atoms with E-state index in [4.69, 9.17) is 18.6 Å². The van der Waals surface area contributed by atoms with Crippen LogP contribution in [-0.2, 0) is 0 Å². The van der Waals surface area contributed by atoms with E-state index in [-0.39, 0.29) is 17.1 Å². The Labute approximate surface area is 131 Å². The van der Waals surface area contributed by atoms with Crippen molar-refractivity contribution in [1.82, 2.24) is 0 Å². The normalized spacial score (nSPS) is 11.0. The van der Waals surface area contributed by atoms with Crippen LogP contribution in [0, 0.1) is 6.92 Å². The van der Waals surface area contributed by atoms with Crippen molar-refractivity contribution in [2.75, 3.05) is 21.3 Å². The Morgan fingerprint density at radius 3 is 2.26 bits per heavy atom. The molecular formula is C17H16O6. The number of aryl methyl sites for hydroxylation is 1. The van der Waals surface area contributed by atoms with Crippen molar-refractivity contribution < 1.29 is 23.7 Å². The molecule has 6 heteroatoms. The van der Waals surface area contributed by atoms with Gasteiger partial charge in [0.1, 0.15) is 16.9 Å². The summed E-state index contributed by atoms with van der Waals surface area (Å²) in [4.78, 5) is 12.4. The lowest BCUT2D eigenvalue weighted by Gasteiger charge is -2.13. The smallest absolute Gasteiger partial charge is 0.348 e. The molecule has 1 N–H and O–H groups in total. The number of ether oxygens (including phenoxy) is 3. The van der Waals surface area contributed by atoms with Crippen molar-refractivity contribution in [3.63, 3.8) is 0 Å². The minimum atomic E-state index is -0.602. The Bertz CT molecular complexity index is 971. The molecular weight excluding hydrogens is 300 g/mol. The van der Waals surface area contributed by atoms with E-state index in [1.54, 1.807) is 18.2 Å². The van der Waals surface area contributed by atoms with Gasteiger partial charge in [-0.1, -0.05) is 0 Å². The predicted molar refractivity (Wildman–Crippen MR) is 86.0 cm³/mol. The van der Waals surface area contributed by atoms with E-state index in [1.165, 1.54) is 21.3 Å². The van der Waals surface area contributed by atoms with Gasteiger partial charge in [-0.2, -0.15) is 0 Å². The molecule has 3 aromatic rings. The first-order valence-electron chi connectivity index (χ1n) is 6.91. The summed E-state index contributed by atoms with van der Waals surface area (Å²) in [7, 11) is 4.43. The average molecular weight is 316 g/mol. The summed E-state index contributed by atoms with van der Waals surface area (Å²) in [5, 5.41) is 11.8. The molecule has 23 heavy (non-hydrogen) atoms. The summed E-state index contributed by atoms with van der Waals surface area (Å²) < 4.78 is 21.0. The number of hydrogen-bond acceptors (Lipinski definition) is 6. The highest BCUT2D eigenvalue weighted by Gasteiger charge is 2.20. The lowest BCUT2D eigenvalue weighted by Crippen LogP contribution is -2.04. The van der Waals surface area contributed by atoms with E-state index in [0.717, 1.165) is 5.56 Å². The highest BCUT2D eigenvalue weighted by Crippen LogP contribution is 2.41. The zero-order valence-corrected chi connectivity index (χ0v) is 13.2. The quantitative estimate of drug-likeness (QED) is 0.591.